The van der Waals surface area contributed by atoms with Crippen LogP contribution in [0.5, 0.6) is 23.0 Å². The molecule has 6 aromatic rings. The molecule has 6 rings (SSSR count). The van der Waals surface area contributed by atoms with Gasteiger partial charge in [0.05, 0.1) is 33.6 Å². The minimum Gasteiger partial charge on any atom is -0.457 e. The van der Waals surface area contributed by atoms with Gasteiger partial charge in [0.15, 0.2) is 11.5 Å². The van der Waals surface area contributed by atoms with Crippen LogP contribution in [0.4, 0.5) is 48.2 Å². The van der Waals surface area contributed by atoms with Gasteiger partial charge >= 0.3 is 30.3 Å². The molecule has 5 N–H and O–H groups in total. The number of rotatable bonds is 9. The van der Waals surface area contributed by atoms with Crippen LogP contribution in [-0.2, 0) is 12.4 Å². The maximum Gasteiger partial charge on any atom is 0.416 e. The van der Waals surface area contributed by atoms with E-state index in [1.54, 1.807) is 6.07 Å². The van der Waals surface area contributed by atoms with Crippen molar-refractivity contribution >= 4 is 40.9 Å². The molecule has 14 nitrogen and oxygen atoms in total. The molecule has 3 amide bonds. The lowest BCUT2D eigenvalue weighted by molar-refractivity contribution is -0.138. The molecule has 3 aromatic carbocycles. The number of halogens is 6. The molecule has 0 fully saturated rings. The minimum absolute atomic E-state index is 0.115. The van der Waals surface area contributed by atoms with Crippen LogP contribution in [0.2, 0.25) is 0 Å². The largest absolute Gasteiger partial charge is 0.457 e. The quantitative estimate of drug-likeness (QED) is 0.0468. The van der Waals surface area contributed by atoms with Gasteiger partial charge in [-0.25, -0.2) is 14.4 Å². The topological polar surface area (TPSA) is 197 Å². The average molecular weight is 864 g/mol. The van der Waals surface area contributed by atoms with Crippen molar-refractivity contribution < 1.29 is 59.7 Å². The summed E-state index contributed by atoms with van der Waals surface area (Å²) < 4.78 is 93.2. The molecule has 3 heterocycles. The maximum absolute atomic E-state index is 13.3. The first-order chi connectivity index (χ1) is 29.5. The number of amides is 3. The summed E-state index contributed by atoms with van der Waals surface area (Å²) in [5.74, 6) is -1.64. The Labute approximate surface area is 349 Å². The number of nitrogens with one attached hydrogen (secondary N) is 3. The second-order valence-electron chi connectivity index (χ2n) is 11.9. The van der Waals surface area contributed by atoms with Crippen LogP contribution >= 0.6 is 0 Å². The third-order valence-corrected chi connectivity index (χ3v) is 7.67. The van der Waals surface area contributed by atoms with E-state index in [2.05, 4.69) is 30.9 Å². The van der Waals surface area contributed by atoms with Crippen LogP contribution < -0.4 is 35.9 Å². The van der Waals surface area contributed by atoms with E-state index in [9.17, 15) is 45.5 Å². The van der Waals surface area contributed by atoms with Crippen molar-refractivity contribution in [3.05, 3.63) is 156 Å². The third kappa shape index (κ3) is 13.5. The summed E-state index contributed by atoms with van der Waals surface area (Å²) in [6, 6.07) is 18.6. The Balaban J connectivity index is 0.000000321. The zero-order chi connectivity index (χ0) is 45.5. The van der Waals surface area contributed by atoms with Crippen molar-refractivity contribution in [3.8, 4) is 23.0 Å². The Morgan fingerprint density at radius 1 is 0.597 bits per heavy atom. The second kappa shape index (κ2) is 21.3. The molecule has 0 spiro atoms. The fourth-order valence-electron chi connectivity index (χ4n) is 4.76. The number of hydrogen-bond donors (Lipinski definition) is 4. The molecule has 0 aliphatic carbocycles. The van der Waals surface area contributed by atoms with Crippen molar-refractivity contribution in [2.24, 2.45) is 0 Å². The van der Waals surface area contributed by atoms with Gasteiger partial charge in [0.1, 0.15) is 17.2 Å². The van der Waals surface area contributed by atoms with E-state index >= 15 is 0 Å². The second-order valence-corrected chi connectivity index (χ2v) is 11.9. The molecule has 0 aliphatic rings. The number of benzene rings is 3. The Bertz CT molecular complexity index is 2470. The first-order valence-corrected chi connectivity index (χ1v) is 18.0. The SMILES string of the molecule is CC.CNC(=O)c1cc(Oc2ccc(NC(=O)Nc3cc(C(F)(F)F)ccc3OC(=O)c3ccncc3)cc2)ccn1.Nc1cc(C(F)(F)F)ccc1OC(=O)c1ccncc1. The molecule has 0 saturated carbocycles. The summed E-state index contributed by atoms with van der Waals surface area (Å²) in [6.45, 7) is 4.00. The molecule has 0 unspecified atom stereocenters. The zero-order valence-electron chi connectivity index (χ0n) is 32.7. The van der Waals surface area contributed by atoms with Gasteiger partial charge in [0, 0.05) is 49.8 Å². The van der Waals surface area contributed by atoms with Crippen LogP contribution in [0.3, 0.4) is 0 Å². The number of esters is 2. The lowest BCUT2D eigenvalue weighted by atomic mass is 10.1. The predicted octanol–water partition coefficient (Wildman–Crippen LogP) is 9.44. The summed E-state index contributed by atoms with van der Waals surface area (Å²) in [7, 11) is 1.47. The molecule has 0 bridgehead atoms. The van der Waals surface area contributed by atoms with Crippen LogP contribution in [0.15, 0.2) is 128 Å². The van der Waals surface area contributed by atoms with Crippen LogP contribution in [-0.4, -0.2) is 45.9 Å². The van der Waals surface area contributed by atoms with Gasteiger partial charge in [0.2, 0.25) is 0 Å². The standard InChI is InChI=1S/C27H20F3N5O5.C13H9F3N2O2.C2H6/c1-31-24(36)22-15-20(10-13-33-22)39-19-5-3-18(4-6-19)34-26(38)35-21-14-17(27(28,29)30)2-7-23(21)40-25(37)16-8-11-32-12-9-16;14-13(15,16)9-1-2-11(10(17)7-9)20-12(19)8-3-5-18-6-4-8;1-2/h2-15H,1H3,(H,31,36)(H2,34,35,38);1-7H,17H2;1-2H3. The number of alkyl halides is 6. The summed E-state index contributed by atoms with van der Waals surface area (Å²) in [4.78, 5) is 60.0. The summed E-state index contributed by atoms with van der Waals surface area (Å²) >= 11 is 0. The highest BCUT2D eigenvalue weighted by Gasteiger charge is 2.32. The number of urea groups is 1. The Morgan fingerprint density at radius 3 is 1.63 bits per heavy atom. The molecule has 0 saturated heterocycles. The number of aromatic nitrogens is 3. The maximum atomic E-state index is 13.3. The van der Waals surface area contributed by atoms with Gasteiger partial charge in [-0.1, -0.05) is 13.8 Å². The van der Waals surface area contributed by atoms with Crippen molar-refractivity contribution in [3.63, 3.8) is 0 Å². The van der Waals surface area contributed by atoms with Gasteiger partial charge in [-0.3, -0.25) is 19.7 Å². The number of carbonyl (C=O) groups excluding carboxylic acids is 4. The van der Waals surface area contributed by atoms with E-state index in [0.29, 0.717) is 17.6 Å². The normalized spacial score (nSPS) is 10.7. The highest BCUT2D eigenvalue weighted by atomic mass is 19.4. The van der Waals surface area contributed by atoms with E-state index in [1.807, 2.05) is 13.8 Å². The van der Waals surface area contributed by atoms with E-state index in [-0.39, 0.29) is 51.3 Å². The first kappa shape index (κ1) is 46.7. The van der Waals surface area contributed by atoms with Gasteiger partial charge in [0.25, 0.3) is 5.91 Å². The van der Waals surface area contributed by atoms with Crippen molar-refractivity contribution in [1.29, 1.82) is 0 Å². The molecule has 20 heteroatoms. The van der Waals surface area contributed by atoms with E-state index in [4.69, 9.17) is 19.9 Å². The summed E-state index contributed by atoms with van der Waals surface area (Å²) in [5, 5.41) is 7.23. The smallest absolute Gasteiger partial charge is 0.416 e. The molecule has 0 aliphatic heterocycles. The Kier molecular flexibility index (Phi) is 16.0. The lowest BCUT2D eigenvalue weighted by Gasteiger charge is -2.15. The minimum atomic E-state index is -4.70. The summed E-state index contributed by atoms with van der Waals surface area (Å²) in [5.41, 5.74) is 3.65. The number of ether oxygens (including phenoxy) is 3. The monoisotopic (exact) mass is 863 g/mol. The molecule has 0 radical (unpaired) electrons. The van der Waals surface area contributed by atoms with Gasteiger partial charge in [-0.2, -0.15) is 26.3 Å². The van der Waals surface area contributed by atoms with E-state index in [1.165, 1.54) is 92.6 Å². The van der Waals surface area contributed by atoms with Gasteiger partial charge in [-0.15, -0.1) is 0 Å². The third-order valence-electron chi connectivity index (χ3n) is 7.67. The van der Waals surface area contributed by atoms with Gasteiger partial charge < -0.3 is 35.9 Å². The molecule has 3 aromatic heterocycles. The number of anilines is 3. The fourth-order valence-corrected chi connectivity index (χ4v) is 4.76. The number of hydrogen-bond acceptors (Lipinski definition) is 11. The first-order valence-electron chi connectivity index (χ1n) is 18.0. The highest BCUT2D eigenvalue weighted by Crippen LogP contribution is 2.36. The van der Waals surface area contributed by atoms with Crippen LogP contribution in [0.25, 0.3) is 0 Å². The van der Waals surface area contributed by atoms with Crippen LogP contribution in [0.1, 0.15) is 56.2 Å². The number of nitrogens with zero attached hydrogens (tertiary/aromatic N) is 3. The molecular weight excluding hydrogens is 828 g/mol. The fraction of sp³-hybridized carbons (Fsp3) is 0.119. The molecule has 0 atom stereocenters. The zero-order valence-corrected chi connectivity index (χ0v) is 32.7. The lowest BCUT2D eigenvalue weighted by Crippen LogP contribution is -2.21. The molecule has 62 heavy (non-hydrogen) atoms. The molecule has 322 valence electrons. The Morgan fingerprint density at radius 2 is 1.11 bits per heavy atom. The van der Waals surface area contributed by atoms with E-state index < -0.39 is 41.4 Å². The van der Waals surface area contributed by atoms with E-state index in [0.717, 1.165) is 30.3 Å². The number of nitrogens with two attached hydrogens (primary N) is 1. The Hall–Kier alpha value is -8.03. The highest BCUT2D eigenvalue weighted by molar-refractivity contribution is 6.01. The van der Waals surface area contributed by atoms with Crippen molar-refractivity contribution in [2.45, 2.75) is 26.2 Å². The average Bonchev–Trinajstić information content (AvgIpc) is 3.26. The number of pyridine rings is 3. The molecular formula is C42H35F6N7O7. The summed E-state index contributed by atoms with van der Waals surface area (Å²) in [6.07, 6.45) is -2.29. The van der Waals surface area contributed by atoms with Crippen LogP contribution in [0, 0.1) is 0 Å². The van der Waals surface area contributed by atoms with Crippen molar-refractivity contribution in [2.75, 3.05) is 23.4 Å². The van der Waals surface area contributed by atoms with Gasteiger partial charge in [-0.05, 0) is 91.0 Å². The predicted molar refractivity (Wildman–Crippen MR) is 214 cm³/mol. The number of nitrogen functional groups attached to an aromatic ring is 1. The van der Waals surface area contributed by atoms with Crippen molar-refractivity contribution in [1.82, 2.24) is 20.3 Å². The number of carbonyl (C=O) groups is 4.